The molecule has 0 radical (unpaired) electrons. The molecule has 2 aromatic rings. The van der Waals surface area contributed by atoms with Crippen LogP contribution in [0.25, 0.3) is 0 Å². The van der Waals surface area contributed by atoms with E-state index in [0.29, 0.717) is 48.2 Å². The van der Waals surface area contributed by atoms with Crippen LogP contribution in [0.1, 0.15) is 0 Å². The van der Waals surface area contributed by atoms with Gasteiger partial charge in [-0.05, 0) is 36.4 Å². The minimum absolute atomic E-state index is 0.348. The molecule has 1 fully saturated rings. The molecule has 0 aliphatic carbocycles. The van der Waals surface area contributed by atoms with Crippen LogP contribution in [0.4, 0.5) is 20.2 Å². The van der Waals surface area contributed by atoms with E-state index < -0.39 is 21.7 Å². The number of halogens is 3. The van der Waals surface area contributed by atoms with E-state index in [1.54, 1.807) is 18.2 Å². The number of hydrogen-bond acceptors (Lipinski definition) is 4. The van der Waals surface area contributed by atoms with Crippen LogP contribution in [0.5, 0.6) is 0 Å². The number of hydrogen-bond donors (Lipinski definition) is 1. The largest absolute Gasteiger partial charge is 0.378 e. The molecule has 0 atom stereocenters. The van der Waals surface area contributed by atoms with Gasteiger partial charge in [0.1, 0.15) is 0 Å². The number of benzene rings is 2. The van der Waals surface area contributed by atoms with Gasteiger partial charge in [0.05, 0.1) is 29.5 Å². The van der Waals surface area contributed by atoms with Crippen LogP contribution >= 0.6 is 15.9 Å². The van der Waals surface area contributed by atoms with Crippen LogP contribution in [0.2, 0.25) is 0 Å². The Kier molecular flexibility index (Phi) is 5.26. The van der Waals surface area contributed by atoms with Crippen molar-refractivity contribution >= 4 is 37.3 Å². The highest BCUT2D eigenvalue weighted by molar-refractivity contribution is 9.10. The van der Waals surface area contributed by atoms with Crippen molar-refractivity contribution in [2.75, 3.05) is 35.9 Å². The zero-order valence-electron chi connectivity index (χ0n) is 13.0. The third-order valence-corrected chi connectivity index (χ3v) is 5.61. The number of morpholine rings is 1. The molecular weight excluding hydrogens is 418 g/mol. The molecule has 1 aliphatic heterocycles. The van der Waals surface area contributed by atoms with Crippen LogP contribution in [0.3, 0.4) is 0 Å². The predicted octanol–water partition coefficient (Wildman–Crippen LogP) is 3.36. The van der Waals surface area contributed by atoms with E-state index in [2.05, 4.69) is 20.7 Å². The molecule has 0 saturated carbocycles. The van der Waals surface area contributed by atoms with Crippen LogP contribution in [0, 0.1) is 11.6 Å². The van der Waals surface area contributed by atoms with Crippen molar-refractivity contribution in [1.82, 2.24) is 0 Å². The maximum atomic E-state index is 13.4. The van der Waals surface area contributed by atoms with Crippen molar-refractivity contribution in [2.45, 2.75) is 4.90 Å². The lowest BCUT2D eigenvalue weighted by Crippen LogP contribution is -2.36. The molecule has 3 rings (SSSR count). The predicted molar refractivity (Wildman–Crippen MR) is 94.3 cm³/mol. The van der Waals surface area contributed by atoms with E-state index in [1.807, 2.05) is 4.90 Å². The second-order valence-corrected chi connectivity index (χ2v) is 8.04. The fraction of sp³-hybridized carbons (Fsp3) is 0.250. The normalized spacial score (nSPS) is 15.2. The second-order valence-electron chi connectivity index (χ2n) is 5.44. The maximum absolute atomic E-state index is 13.4. The molecule has 5 nitrogen and oxygen atoms in total. The summed E-state index contributed by atoms with van der Waals surface area (Å²) in [7, 11) is -4.07. The lowest BCUT2D eigenvalue weighted by atomic mass is 10.2. The fourth-order valence-electron chi connectivity index (χ4n) is 2.52. The van der Waals surface area contributed by atoms with Crippen molar-refractivity contribution < 1.29 is 21.9 Å². The average molecular weight is 433 g/mol. The van der Waals surface area contributed by atoms with Gasteiger partial charge in [0.25, 0.3) is 10.0 Å². The third-order valence-electron chi connectivity index (χ3n) is 3.76. The highest BCUT2D eigenvalue weighted by Gasteiger charge is 2.21. The average Bonchev–Trinajstić information content (AvgIpc) is 2.58. The highest BCUT2D eigenvalue weighted by Crippen LogP contribution is 2.32. The van der Waals surface area contributed by atoms with Crippen molar-refractivity contribution in [1.29, 1.82) is 0 Å². The Morgan fingerprint density at radius 3 is 2.44 bits per heavy atom. The smallest absolute Gasteiger partial charge is 0.262 e. The Bertz CT molecular complexity index is 887. The topological polar surface area (TPSA) is 58.6 Å². The summed E-state index contributed by atoms with van der Waals surface area (Å²) in [5, 5.41) is 0. The highest BCUT2D eigenvalue weighted by atomic mass is 79.9. The van der Waals surface area contributed by atoms with E-state index in [4.69, 9.17) is 4.74 Å². The molecule has 25 heavy (non-hydrogen) atoms. The Balaban J connectivity index is 1.95. The van der Waals surface area contributed by atoms with Crippen LogP contribution in [-0.2, 0) is 14.8 Å². The molecule has 1 saturated heterocycles. The van der Waals surface area contributed by atoms with E-state index in [1.165, 1.54) is 0 Å². The van der Waals surface area contributed by atoms with E-state index in [-0.39, 0.29) is 4.90 Å². The van der Waals surface area contributed by atoms with Gasteiger partial charge in [0.15, 0.2) is 11.6 Å². The first-order valence-electron chi connectivity index (χ1n) is 7.47. The lowest BCUT2D eigenvalue weighted by molar-refractivity contribution is 0.123. The van der Waals surface area contributed by atoms with Gasteiger partial charge in [0.2, 0.25) is 0 Å². The first-order chi connectivity index (χ1) is 11.9. The summed E-state index contributed by atoms with van der Waals surface area (Å²) in [6.07, 6.45) is 0. The van der Waals surface area contributed by atoms with Gasteiger partial charge < -0.3 is 9.64 Å². The van der Waals surface area contributed by atoms with Crippen LogP contribution in [0.15, 0.2) is 45.8 Å². The number of sulfonamides is 1. The number of nitrogens with one attached hydrogen (secondary N) is 1. The molecule has 9 heteroatoms. The summed E-state index contributed by atoms with van der Waals surface area (Å²) in [6.45, 7) is 2.35. The molecule has 1 heterocycles. The first-order valence-corrected chi connectivity index (χ1v) is 9.74. The molecule has 1 N–H and O–H groups in total. The molecule has 0 amide bonds. The maximum Gasteiger partial charge on any atom is 0.262 e. The van der Waals surface area contributed by atoms with Gasteiger partial charge in [0, 0.05) is 17.6 Å². The SMILES string of the molecule is O=S(=O)(Nc1cc(Br)ccc1N1CCOCC1)c1ccc(F)c(F)c1. The summed E-state index contributed by atoms with van der Waals surface area (Å²) in [5.41, 5.74) is 1.04. The number of rotatable bonds is 4. The summed E-state index contributed by atoms with van der Waals surface area (Å²) in [6, 6.07) is 7.69. The molecule has 134 valence electrons. The Morgan fingerprint density at radius 1 is 1.04 bits per heavy atom. The molecule has 2 aromatic carbocycles. The first kappa shape index (κ1) is 18.1. The summed E-state index contributed by atoms with van der Waals surface area (Å²) in [4.78, 5) is 1.65. The summed E-state index contributed by atoms with van der Waals surface area (Å²) in [5.74, 6) is -2.32. The van der Waals surface area contributed by atoms with Crippen molar-refractivity contribution in [3.63, 3.8) is 0 Å². The standard InChI is InChI=1S/C16H15BrF2N2O3S/c17-11-1-4-16(21-5-7-24-8-6-21)15(9-11)20-25(22,23)12-2-3-13(18)14(19)10-12/h1-4,9-10,20H,5-8H2. The third kappa shape index (κ3) is 4.10. The van der Waals surface area contributed by atoms with E-state index in [9.17, 15) is 17.2 Å². The van der Waals surface area contributed by atoms with Crippen molar-refractivity contribution in [2.24, 2.45) is 0 Å². The van der Waals surface area contributed by atoms with Gasteiger partial charge in [-0.3, -0.25) is 4.72 Å². The van der Waals surface area contributed by atoms with Gasteiger partial charge in [-0.2, -0.15) is 0 Å². The zero-order valence-corrected chi connectivity index (χ0v) is 15.4. The summed E-state index contributed by atoms with van der Waals surface area (Å²) < 4.78 is 60.0. The Hall–Kier alpha value is -1.71. The molecule has 0 spiro atoms. The molecule has 0 unspecified atom stereocenters. The fourth-order valence-corrected chi connectivity index (χ4v) is 3.96. The molecule has 1 aliphatic rings. The molecular formula is C16H15BrF2N2O3S. The summed E-state index contributed by atoms with van der Waals surface area (Å²) >= 11 is 3.32. The quantitative estimate of drug-likeness (QED) is 0.804. The van der Waals surface area contributed by atoms with Crippen molar-refractivity contribution in [3.05, 3.63) is 52.5 Å². The van der Waals surface area contributed by atoms with Crippen LogP contribution < -0.4 is 9.62 Å². The minimum Gasteiger partial charge on any atom is -0.378 e. The van der Waals surface area contributed by atoms with Crippen LogP contribution in [-0.4, -0.2) is 34.7 Å². The second kappa shape index (κ2) is 7.27. The lowest BCUT2D eigenvalue weighted by Gasteiger charge is -2.30. The molecule has 0 aromatic heterocycles. The minimum atomic E-state index is -4.07. The van der Waals surface area contributed by atoms with Gasteiger partial charge in [-0.15, -0.1) is 0 Å². The van der Waals surface area contributed by atoms with E-state index >= 15 is 0 Å². The van der Waals surface area contributed by atoms with Gasteiger partial charge >= 0.3 is 0 Å². The zero-order chi connectivity index (χ0) is 18.0. The molecule has 0 bridgehead atoms. The van der Waals surface area contributed by atoms with Crippen molar-refractivity contribution in [3.8, 4) is 0 Å². The number of anilines is 2. The number of ether oxygens (including phenoxy) is 1. The Labute approximate surface area is 152 Å². The Morgan fingerprint density at radius 2 is 1.76 bits per heavy atom. The number of nitrogens with zero attached hydrogens (tertiary/aromatic N) is 1. The van der Waals surface area contributed by atoms with Gasteiger partial charge in [-0.25, -0.2) is 17.2 Å². The monoisotopic (exact) mass is 432 g/mol. The van der Waals surface area contributed by atoms with E-state index in [0.717, 1.165) is 12.1 Å². The van der Waals surface area contributed by atoms with Gasteiger partial charge in [-0.1, -0.05) is 15.9 Å².